The minimum Gasteiger partial charge on any atom is -0.477 e. The maximum absolute atomic E-state index is 11.9. The van der Waals surface area contributed by atoms with Gasteiger partial charge >= 0.3 is 5.97 Å². The molecule has 1 rings (SSSR count). The molecule has 0 fully saturated rings. The van der Waals surface area contributed by atoms with Crippen molar-refractivity contribution in [2.24, 2.45) is 0 Å². The van der Waals surface area contributed by atoms with E-state index in [-0.39, 0.29) is 34.7 Å². The number of carboxylic acid groups (broad SMARTS) is 1. The van der Waals surface area contributed by atoms with Gasteiger partial charge in [-0.25, -0.2) is 17.9 Å². The van der Waals surface area contributed by atoms with Crippen LogP contribution in [0.25, 0.3) is 0 Å². The van der Waals surface area contributed by atoms with E-state index < -0.39 is 16.0 Å². The summed E-state index contributed by atoms with van der Waals surface area (Å²) in [6.07, 6.45) is 0.823. The lowest BCUT2D eigenvalue weighted by Crippen LogP contribution is -2.35. The maximum Gasteiger partial charge on any atom is 0.345 e. The number of aromatic carboxylic acids is 1. The molecule has 118 valence electrons. The number of hydrogen-bond acceptors (Lipinski definition) is 5. The zero-order chi connectivity index (χ0) is 16.0. The molecule has 1 atom stereocenters. The third-order valence-corrected chi connectivity index (χ3v) is 5.27. The first kappa shape index (κ1) is 17.6. The summed E-state index contributed by atoms with van der Waals surface area (Å²) in [5.41, 5.74) is 0. The molecule has 0 aliphatic heterocycles. The average molecular weight is 334 g/mol. The van der Waals surface area contributed by atoms with Crippen LogP contribution in [-0.2, 0) is 14.8 Å². The Labute approximate surface area is 127 Å². The minimum absolute atomic E-state index is 0.0273. The lowest BCUT2D eigenvalue weighted by Gasteiger charge is -2.11. The molecular formula is C12H18N2O5S2. The fourth-order valence-corrected chi connectivity index (χ4v) is 3.55. The third kappa shape index (κ3) is 5.44. The fourth-order valence-electron chi connectivity index (χ4n) is 1.40. The number of rotatable bonds is 8. The molecule has 1 aromatic heterocycles. The molecule has 1 unspecified atom stereocenters. The van der Waals surface area contributed by atoms with Gasteiger partial charge in [0, 0.05) is 24.4 Å². The SMILES string of the molecule is CCC(C)NC(=O)CCNS(=O)(=O)c1csc(C(=O)O)c1. The van der Waals surface area contributed by atoms with Crippen LogP contribution in [0.5, 0.6) is 0 Å². The largest absolute Gasteiger partial charge is 0.477 e. The molecule has 1 heterocycles. The predicted molar refractivity (Wildman–Crippen MR) is 79.0 cm³/mol. The van der Waals surface area contributed by atoms with E-state index in [1.165, 1.54) is 5.38 Å². The molecular weight excluding hydrogens is 316 g/mol. The molecule has 7 nitrogen and oxygen atoms in total. The van der Waals surface area contributed by atoms with Crippen molar-refractivity contribution in [3.63, 3.8) is 0 Å². The average Bonchev–Trinajstić information content (AvgIpc) is 2.88. The number of thiophene rings is 1. The van der Waals surface area contributed by atoms with Gasteiger partial charge in [0.1, 0.15) is 4.88 Å². The highest BCUT2D eigenvalue weighted by Gasteiger charge is 2.18. The van der Waals surface area contributed by atoms with Gasteiger partial charge < -0.3 is 10.4 Å². The number of amides is 1. The van der Waals surface area contributed by atoms with Crippen LogP contribution in [-0.4, -0.2) is 38.0 Å². The van der Waals surface area contributed by atoms with Crippen molar-refractivity contribution in [3.05, 3.63) is 16.3 Å². The van der Waals surface area contributed by atoms with Crippen molar-refractivity contribution >= 4 is 33.2 Å². The molecule has 0 spiro atoms. The van der Waals surface area contributed by atoms with Crippen LogP contribution < -0.4 is 10.0 Å². The van der Waals surface area contributed by atoms with E-state index in [1.807, 2.05) is 13.8 Å². The van der Waals surface area contributed by atoms with E-state index in [2.05, 4.69) is 10.0 Å². The van der Waals surface area contributed by atoms with Gasteiger partial charge in [-0.05, 0) is 19.4 Å². The second-order valence-corrected chi connectivity index (χ2v) is 7.15. The van der Waals surface area contributed by atoms with Gasteiger partial charge in [-0.2, -0.15) is 0 Å². The van der Waals surface area contributed by atoms with Crippen LogP contribution >= 0.6 is 11.3 Å². The van der Waals surface area contributed by atoms with Gasteiger partial charge in [-0.1, -0.05) is 6.92 Å². The highest BCUT2D eigenvalue weighted by molar-refractivity contribution is 7.89. The Bertz CT molecular complexity index is 609. The molecule has 0 saturated heterocycles. The first-order chi connectivity index (χ1) is 9.76. The zero-order valence-corrected chi connectivity index (χ0v) is 13.4. The van der Waals surface area contributed by atoms with Gasteiger partial charge in [0.2, 0.25) is 15.9 Å². The van der Waals surface area contributed by atoms with Gasteiger partial charge in [-0.15, -0.1) is 11.3 Å². The third-order valence-electron chi connectivity index (χ3n) is 2.76. The van der Waals surface area contributed by atoms with Crippen molar-refractivity contribution in [3.8, 4) is 0 Å². The number of carbonyl (C=O) groups is 2. The molecule has 0 radical (unpaired) electrons. The second kappa shape index (κ2) is 7.53. The van der Waals surface area contributed by atoms with Crippen molar-refractivity contribution in [1.29, 1.82) is 0 Å². The van der Waals surface area contributed by atoms with E-state index in [9.17, 15) is 18.0 Å². The second-order valence-electron chi connectivity index (χ2n) is 4.48. The minimum atomic E-state index is -3.79. The normalized spacial score (nSPS) is 12.9. The van der Waals surface area contributed by atoms with Crippen molar-refractivity contribution in [2.45, 2.75) is 37.6 Å². The summed E-state index contributed by atoms with van der Waals surface area (Å²) < 4.78 is 26.1. The summed E-state index contributed by atoms with van der Waals surface area (Å²) in [5, 5.41) is 12.7. The summed E-state index contributed by atoms with van der Waals surface area (Å²) in [7, 11) is -3.79. The fraction of sp³-hybridized carbons (Fsp3) is 0.500. The van der Waals surface area contributed by atoms with Crippen LogP contribution in [0.2, 0.25) is 0 Å². The van der Waals surface area contributed by atoms with E-state index in [0.717, 1.165) is 23.8 Å². The van der Waals surface area contributed by atoms with Crippen LogP contribution in [0.1, 0.15) is 36.4 Å². The first-order valence-corrected chi connectivity index (χ1v) is 8.73. The smallest absolute Gasteiger partial charge is 0.345 e. The molecule has 9 heteroatoms. The monoisotopic (exact) mass is 334 g/mol. The summed E-state index contributed by atoms with van der Waals surface area (Å²) in [4.78, 5) is 22.1. The highest BCUT2D eigenvalue weighted by Crippen LogP contribution is 2.18. The molecule has 1 aromatic rings. The molecule has 0 aliphatic rings. The van der Waals surface area contributed by atoms with Crippen molar-refractivity contribution in [1.82, 2.24) is 10.0 Å². The Morgan fingerprint density at radius 1 is 1.43 bits per heavy atom. The molecule has 0 aliphatic carbocycles. The van der Waals surface area contributed by atoms with E-state index >= 15 is 0 Å². The first-order valence-electron chi connectivity index (χ1n) is 6.37. The summed E-state index contributed by atoms with van der Waals surface area (Å²) in [6, 6.07) is 1.14. The summed E-state index contributed by atoms with van der Waals surface area (Å²) in [5.74, 6) is -1.40. The molecule has 1 amide bonds. The van der Waals surface area contributed by atoms with Gasteiger partial charge in [-0.3, -0.25) is 4.79 Å². The predicted octanol–water partition coefficient (Wildman–Crippen LogP) is 1.03. The van der Waals surface area contributed by atoms with Crippen LogP contribution in [0, 0.1) is 0 Å². The van der Waals surface area contributed by atoms with Gasteiger partial charge in [0.15, 0.2) is 0 Å². The van der Waals surface area contributed by atoms with Crippen LogP contribution in [0.3, 0.4) is 0 Å². The lowest BCUT2D eigenvalue weighted by molar-refractivity contribution is -0.121. The van der Waals surface area contributed by atoms with Crippen molar-refractivity contribution < 1.29 is 23.1 Å². The van der Waals surface area contributed by atoms with E-state index in [1.54, 1.807) is 0 Å². The van der Waals surface area contributed by atoms with Crippen LogP contribution in [0.4, 0.5) is 0 Å². The quantitative estimate of drug-likeness (QED) is 0.657. The number of carboxylic acids is 1. The van der Waals surface area contributed by atoms with E-state index in [0.29, 0.717) is 0 Å². The number of nitrogens with one attached hydrogen (secondary N) is 2. The molecule has 0 bridgehead atoms. The Kier molecular flexibility index (Phi) is 6.31. The summed E-state index contributed by atoms with van der Waals surface area (Å²) >= 11 is 0.838. The molecule has 21 heavy (non-hydrogen) atoms. The van der Waals surface area contributed by atoms with Crippen molar-refractivity contribution in [2.75, 3.05) is 6.54 Å². The maximum atomic E-state index is 11.9. The Balaban J connectivity index is 2.53. The topological polar surface area (TPSA) is 113 Å². The Hall–Kier alpha value is -1.45. The zero-order valence-electron chi connectivity index (χ0n) is 11.8. The van der Waals surface area contributed by atoms with Gasteiger partial charge in [0.25, 0.3) is 0 Å². The van der Waals surface area contributed by atoms with E-state index in [4.69, 9.17) is 5.11 Å². The summed E-state index contributed by atoms with van der Waals surface area (Å²) in [6.45, 7) is 3.76. The van der Waals surface area contributed by atoms with Crippen LogP contribution in [0.15, 0.2) is 16.3 Å². The molecule has 0 saturated carbocycles. The Morgan fingerprint density at radius 2 is 2.10 bits per heavy atom. The number of hydrogen-bond donors (Lipinski definition) is 3. The number of carbonyl (C=O) groups excluding carboxylic acids is 1. The molecule has 3 N–H and O–H groups in total. The van der Waals surface area contributed by atoms with Gasteiger partial charge in [0.05, 0.1) is 4.90 Å². The number of sulfonamides is 1. The highest BCUT2D eigenvalue weighted by atomic mass is 32.2. The molecule has 0 aromatic carbocycles. The lowest BCUT2D eigenvalue weighted by atomic mass is 10.2. The Morgan fingerprint density at radius 3 is 2.62 bits per heavy atom. The standard InChI is InChI=1S/C12H18N2O5S2/c1-3-8(2)14-11(15)4-5-13-21(18,19)9-6-10(12(16)17)20-7-9/h6-8,13H,3-5H2,1-2H3,(H,14,15)(H,16,17).